The first-order chi connectivity index (χ1) is 12.5. The van der Waals surface area contributed by atoms with E-state index in [1.165, 1.54) is 24.3 Å². The van der Waals surface area contributed by atoms with Crippen LogP contribution in [0.15, 0.2) is 48.5 Å². The van der Waals surface area contributed by atoms with Gasteiger partial charge in [0.15, 0.2) is 0 Å². The summed E-state index contributed by atoms with van der Waals surface area (Å²) in [4.78, 5) is 11.5. The maximum Gasteiger partial charge on any atom is 0.405 e. The van der Waals surface area contributed by atoms with E-state index in [4.69, 9.17) is 0 Å². The Morgan fingerprint density at radius 1 is 1.04 bits per heavy atom. The van der Waals surface area contributed by atoms with Crippen LogP contribution in [0.3, 0.4) is 0 Å². The lowest BCUT2D eigenvalue weighted by Gasteiger charge is -2.10. The largest absolute Gasteiger partial charge is 0.405 e. The second kappa shape index (κ2) is 8.43. The number of carbonyl (C=O) groups is 1. The minimum atomic E-state index is -4.46. The molecule has 0 saturated carbocycles. The summed E-state index contributed by atoms with van der Waals surface area (Å²) in [6.07, 6.45) is -4.69. The molecule has 0 unspecified atom stereocenters. The number of benzene rings is 2. The first-order valence-corrected chi connectivity index (χ1v) is 9.66. The van der Waals surface area contributed by atoms with Crippen LogP contribution >= 0.6 is 0 Å². The van der Waals surface area contributed by atoms with Gasteiger partial charge in [-0.1, -0.05) is 42.0 Å². The Labute approximate surface area is 155 Å². The molecular formula is C18H19F3N2O3S. The Kier molecular flexibility index (Phi) is 6.48. The molecule has 0 heterocycles. The standard InChI is InChI=1S/C18H19F3N2O3S/c1-13-3-2-4-15(9-13)11-27(25,26)23-16-7-5-14(6-8-16)10-17(24)22-12-18(19,20)21/h2-9,23H,10-12H2,1H3,(H,22,24). The van der Waals surface area contributed by atoms with E-state index >= 15 is 0 Å². The molecule has 1 amide bonds. The molecule has 146 valence electrons. The summed E-state index contributed by atoms with van der Waals surface area (Å²) in [6, 6.07) is 13.0. The maximum absolute atomic E-state index is 12.2. The van der Waals surface area contributed by atoms with Crippen molar-refractivity contribution in [1.82, 2.24) is 5.32 Å². The monoisotopic (exact) mass is 400 g/mol. The summed E-state index contributed by atoms with van der Waals surface area (Å²) in [5.74, 6) is -0.948. The Morgan fingerprint density at radius 2 is 1.70 bits per heavy atom. The molecule has 2 aromatic rings. The molecule has 2 rings (SSSR count). The Morgan fingerprint density at radius 3 is 2.30 bits per heavy atom. The van der Waals surface area contributed by atoms with E-state index in [1.54, 1.807) is 23.5 Å². The van der Waals surface area contributed by atoms with E-state index in [0.717, 1.165) is 5.56 Å². The quantitative estimate of drug-likeness (QED) is 0.750. The van der Waals surface area contributed by atoms with Crippen molar-refractivity contribution in [2.75, 3.05) is 11.3 Å². The summed E-state index contributed by atoms with van der Waals surface area (Å²) in [5, 5.41) is 1.78. The number of nitrogens with one attached hydrogen (secondary N) is 2. The highest BCUT2D eigenvalue weighted by molar-refractivity contribution is 7.91. The van der Waals surface area contributed by atoms with E-state index in [-0.39, 0.29) is 12.2 Å². The zero-order chi connectivity index (χ0) is 20.1. The van der Waals surface area contributed by atoms with Gasteiger partial charge in [0.1, 0.15) is 6.54 Å². The topological polar surface area (TPSA) is 75.3 Å². The van der Waals surface area contributed by atoms with E-state index in [1.807, 2.05) is 13.0 Å². The van der Waals surface area contributed by atoms with Gasteiger partial charge in [-0.2, -0.15) is 13.2 Å². The summed E-state index contributed by atoms with van der Waals surface area (Å²) in [7, 11) is -3.62. The van der Waals surface area contributed by atoms with Gasteiger partial charge in [-0.3, -0.25) is 9.52 Å². The number of aryl methyl sites for hydroxylation is 1. The van der Waals surface area contributed by atoms with Crippen LogP contribution < -0.4 is 10.0 Å². The van der Waals surface area contributed by atoms with E-state index in [2.05, 4.69) is 4.72 Å². The van der Waals surface area contributed by atoms with Crippen LogP contribution in [0, 0.1) is 6.92 Å². The SMILES string of the molecule is Cc1cccc(CS(=O)(=O)Nc2ccc(CC(=O)NCC(F)(F)F)cc2)c1. The third-order valence-electron chi connectivity index (χ3n) is 3.52. The predicted octanol–water partition coefficient (Wildman–Crippen LogP) is 3.16. The minimum absolute atomic E-state index is 0.184. The molecule has 0 aliphatic carbocycles. The summed E-state index contributed by atoms with van der Waals surface area (Å²) >= 11 is 0. The second-order valence-corrected chi connectivity index (χ2v) is 7.84. The smallest absolute Gasteiger partial charge is 0.347 e. The number of hydrogen-bond donors (Lipinski definition) is 2. The van der Waals surface area contributed by atoms with Crippen molar-refractivity contribution < 1.29 is 26.4 Å². The average molecular weight is 400 g/mol. The van der Waals surface area contributed by atoms with Crippen molar-refractivity contribution >= 4 is 21.6 Å². The van der Waals surface area contributed by atoms with Crippen LogP contribution in [-0.4, -0.2) is 27.0 Å². The van der Waals surface area contributed by atoms with Gasteiger partial charge in [-0.15, -0.1) is 0 Å². The molecule has 0 spiro atoms. The van der Waals surface area contributed by atoms with Gasteiger partial charge in [-0.25, -0.2) is 8.42 Å². The average Bonchev–Trinajstić information content (AvgIpc) is 2.53. The molecular weight excluding hydrogens is 381 g/mol. The Hall–Kier alpha value is -2.55. The number of alkyl halides is 3. The Bertz CT molecular complexity index is 895. The van der Waals surface area contributed by atoms with Crippen molar-refractivity contribution in [1.29, 1.82) is 0 Å². The summed E-state index contributed by atoms with van der Waals surface area (Å²) in [5.41, 5.74) is 2.38. The highest BCUT2D eigenvalue weighted by Gasteiger charge is 2.27. The zero-order valence-corrected chi connectivity index (χ0v) is 15.3. The van der Waals surface area contributed by atoms with Gasteiger partial charge in [0.25, 0.3) is 0 Å². The number of hydrogen-bond acceptors (Lipinski definition) is 3. The van der Waals surface area contributed by atoms with Gasteiger partial charge in [0.2, 0.25) is 15.9 Å². The van der Waals surface area contributed by atoms with Crippen LogP contribution in [0.4, 0.5) is 18.9 Å². The molecule has 2 aromatic carbocycles. The lowest BCUT2D eigenvalue weighted by atomic mass is 10.1. The zero-order valence-electron chi connectivity index (χ0n) is 14.5. The third kappa shape index (κ3) is 7.69. The van der Waals surface area contributed by atoms with Crippen LogP contribution in [-0.2, 0) is 27.0 Å². The molecule has 0 atom stereocenters. The van der Waals surface area contributed by atoms with Crippen LogP contribution in [0.5, 0.6) is 0 Å². The minimum Gasteiger partial charge on any atom is -0.347 e. The van der Waals surface area contributed by atoms with E-state index in [9.17, 15) is 26.4 Å². The lowest BCUT2D eigenvalue weighted by molar-refractivity contribution is -0.138. The molecule has 0 aliphatic heterocycles. The van der Waals surface area contributed by atoms with Gasteiger partial charge >= 0.3 is 6.18 Å². The Balaban J connectivity index is 1.93. The normalized spacial score (nSPS) is 11.9. The first-order valence-electron chi connectivity index (χ1n) is 8.01. The number of carbonyl (C=O) groups excluding carboxylic acids is 1. The summed E-state index contributed by atoms with van der Waals surface area (Å²) < 4.78 is 63.1. The van der Waals surface area contributed by atoms with Crippen molar-refractivity contribution in [3.63, 3.8) is 0 Å². The lowest BCUT2D eigenvalue weighted by Crippen LogP contribution is -2.34. The van der Waals surface area contributed by atoms with Crippen LogP contribution in [0.25, 0.3) is 0 Å². The van der Waals surface area contributed by atoms with Crippen molar-refractivity contribution in [2.24, 2.45) is 0 Å². The molecule has 27 heavy (non-hydrogen) atoms. The number of halogens is 3. The van der Waals surface area contributed by atoms with E-state index < -0.39 is 28.7 Å². The predicted molar refractivity (Wildman–Crippen MR) is 96.6 cm³/mol. The van der Waals surface area contributed by atoms with Crippen LogP contribution in [0.2, 0.25) is 0 Å². The first kappa shape index (κ1) is 20.8. The highest BCUT2D eigenvalue weighted by Crippen LogP contribution is 2.16. The van der Waals surface area contributed by atoms with E-state index in [0.29, 0.717) is 16.8 Å². The number of anilines is 1. The molecule has 0 aromatic heterocycles. The van der Waals surface area contributed by atoms with Gasteiger partial charge < -0.3 is 5.32 Å². The number of sulfonamides is 1. The van der Waals surface area contributed by atoms with Gasteiger partial charge in [0.05, 0.1) is 12.2 Å². The molecule has 0 aliphatic rings. The fourth-order valence-electron chi connectivity index (χ4n) is 2.37. The van der Waals surface area contributed by atoms with Crippen molar-refractivity contribution in [2.45, 2.75) is 25.3 Å². The number of rotatable bonds is 7. The van der Waals surface area contributed by atoms with Gasteiger partial charge in [0, 0.05) is 5.69 Å². The molecule has 0 saturated heterocycles. The van der Waals surface area contributed by atoms with Crippen molar-refractivity contribution in [3.05, 3.63) is 65.2 Å². The molecule has 0 bridgehead atoms. The fourth-order valence-corrected chi connectivity index (χ4v) is 3.56. The maximum atomic E-state index is 12.2. The van der Waals surface area contributed by atoms with Crippen LogP contribution in [0.1, 0.15) is 16.7 Å². The molecule has 2 N–H and O–H groups in total. The van der Waals surface area contributed by atoms with Crippen molar-refractivity contribution in [3.8, 4) is 0 Å². The highest BCUT2D eigenvalue weighted by atomic mass is 32.2. The van der Waals surface area contributed by atoms with Gasteiger partial charge in [-0.05, 0) is 30.2 Å². The summed E-state index contributed by atoms with van der Waals surface area (Å²) in [6.45, 7) is 0.482. The third-order valence-corrected chi connectivity index (χ3v) is 4.78. The molecule has 5 nitrogen and oxygen atoms in total. The second-order valence-electron chi connectivity index (χ2n) is 6.12. The fraction of sp³-hybridized carbons (Fsp3) is 0.278. The molecule has 0 radical (unpaired) electrons. The number of amides is 1. The molecule has 0 fully saturated rings. The molecule has 9 heteroatoms.